The Bertz CT molecular complexity index is 1400. The first-order chi connectivity index (χ1) is 18.8. The normalized spacial score (nSPS) is 15.6. The summed E-state index contributed by atoms with van der Waals surface area (Å²) in [4.78, 5) is 13.2. The van der Waals surface area contributed by atoms with Crippen molar-refractivity contribution in [3.05, 3.63) is 70.7 Å². The molecule has 0 saturated carbocycles. The first kappa shape index (κ1) is 28.8. The highest BCUT2D eigenvalue weighted by Gasteiger charge is 2.30. The molecule has 9 nitrogen and oxygen atoms in total. The number of rotatable bonds is 9. The lowest BCUT2D eigenvalue weighted by Gasteiger charge is -2.41. The largest absolute Gasteiger partial charge is 0.481 e. The quantitative estimate of drug-likeness (QED) is 0.224. The van der Waals surface area contributed by atoms with Gasteiger partial charge in [-0.3, -0.25) is 9.35 Å². The molecule has 1 aliphatic heterocycles. The second-order valence-electron chi connectivity index (χ2n) is 9.08. The van der Waals surface area contributed by atoms with Crippen molar-refractivity contribution in [2.24, 2.45) is 0 Å². The second kappa shape index (κ2) is 13.3. The molecular weight excluding hydrogens is 542 g/mol. The van der Waals surface area contributed by atoms with E-state index in [1.807, 2.05) is 54.6 Å². The van der Waals surface area contributed by atoms with E-state index in [9.17, 15) is 13.6 Å². The van der Waals surface area contributed by atoms with Crippen LogP contribution in [0.4, 0.5) is 5.69 Å². The molecule has 39 heavy (non-hydrogen) atoms. The number of benzene rings is 3. The van der Waals surface area contributed by atoms with Gasteiger partial charge in [-0.2, -0.15) is 0 Å². The number of fused-ring (bicyclic) bond motifs is 1. The Balaban J connectivity index is 1.39. The first-order valence-electron chi connectivity index (χ1n) is 12.3. The van der Waals surface area contributed by atoms with Crippen LogP contribution >= 0.6 is 11.6 Å². The predicted molar refractivity (Wildman–Crippen MR) is 152 cm³/mol. The first-order valence-corrected chi connectivity index (χ1v) is 13.8. The Kier molecular flexibility index (Phi) is 9.80. The van der Waals surface area contributed by atoms with Crippen LogP contribution in [0, 0.1) is 11.8 Å². The number of methoxy groups -OCH3 is 1. The van der Waals surface area contributed by atoms with Crippen LogP contribution < -0.4 is 9.64 Å². The molecule has 4 rings (SSSR count). The molecule has 0 aromatic heterocycles. The molecular formula is C28H30ClN3O6S. The Morgan fingerprint density at radius 1 is 1.08 bits per heavy atom. The number of halogens is 1. The van der Waals surface area contributed by atoms with Gasteiger partial charge < -0.3 is 19.5 Å². The minimum Gasteiger partial charge on any atom is -0.481 e. The third kappa shape index (κ3) is 7.28. The number of nitrogens with zero attached hydrogens (tertiary/aromatic N) is 3. The Morgan fingerprint density at radius 2 is 1.74 bits per heavy atom. The summed E-state index contributed by atoms with van der Waals surface area (Å²) in [6, 6.07) is 17.0. The molecule has 2 N–H and O–H groups in total. The molecule has 206 valence electrons. The van der Waals surface area contributed by atoms with Crippen LogP contribution in [0.15, 0.2) is 54.6 Å². The molecule has 1 aliphatic rings. The van der Waals surface area contributed by atoms with Gasteiger partial charge in [0.05, 0.1) is 11.4 Å². The minimum absolute atomic E-state index is 0.127. The molecule has 0 amide bonds. The summed E-state index contributed by atoms with van der Waals surface area (Å²) < 4.78 is 33.3. The van der Waals surface area contributed by atoms with Gasteiger partial charge in [0.2, 0.25) is 11.3 Å². The van der Waals surface area contributed by atoms with E-state index < -0.39 is 23.3 Å². The minimum atomic E-state index is -2.29. The summed E-state index contributed by atoms with van der Waals surface area (Å²) in [7, 11) is 1.56. The van der Waals surface area contributed by atoms with Crippen molar-refractivity contribution in [3.8, 4) is 17.6 Å². The third-order valence-corrected chi connectivity index (χ3v) is 7.68. The van der Waals surface area contributed by atoms with E-state index >= 15 is 0 Å². The Morgan fingerprint density at radius 3 is 2.38 bits per heavy atom. The molecule has 1 heterocycles. The molecule has 3 aromatic carbocycles. The number of carbonyl (C=O) groups is 1. The number of hydrazine groups is 1. The summed E-state index contributed by atoms with van der Waals surface area (Å²) >= 11 is 4.19. The van der Waals surface area contributed by atoms with Gasteiger partial charge in [-0.1, -0.05) is 35.6 Å². The van der Waals surface area contributed by atoms with Gasteiger partial charge in [-0.05, 0) is 54.8 Å². The van der Waals surface area contributed by atoms with Crippen LogP contribution in [0.1, 0.15) is 24.5 Å². The highest BCUT2D eigenvalue weighted by atomic mass is 35.5. The maximum atomic E-state index is 11.9. The number of anilines is 1. The molecule has 1 fully saturated rings. The zero-order valence-corrected chi connectivity index (χ0v) is 23.2. The van der Waals surface area contributed by atoms with Gasteiger partial charge in [0.1, 0.15) is 5.75 Å². The summed E-state index contributed by atoms with van der Waals surface area (Å²) in [5.41, 5.74) is 2.78. The van der Waals surface area contributed by atoms with Gasteiger partial charge in [0, 0.05) is 61.5 Å². The monoisotopic (exact) mass is 571 g/mol. The molecule has 1 saturated heterocycles. The van der Waals surface area contributed by atoms with E-state index in [1.165, 1.54) is 4.41 Å². The molecule has 0 aliphatic carbocycles. The van der Waals surface area contributed by atoms with Gasteiger partial charge in [-0.25, -0.2) is 9.22 Å². The van der Waals surface area contributed by atoms with Crippen LogP contribution in [0.25, 0.3) is 10.8 Å². The topological polar surface area (TPSA) is 103 Å². The van der Waals surface area contributed by atoms with E-state index in [-0.39, 0.29) is 13.2 Å². The highest BCUT2D eigenvalue weighted by Crippen LogP contribution is 2.33. The van der Waals surface area contributed by atoms with E-state index in [2.05, 4.69) is 16.7 Å². The number of piperazine rings is 1. The fourth-order valence-electron chi connectivity index (χ4n) is 4.50. The third-order valence-electron chi connectivity index (χ3n) is 6.38. The smallest absolute Gasteiger partial charge is 0.305 e. The van der Waals surface area contributed by atoms with Crippen molar-refractivity contribution in [3.63, 3.8) is 0 Å². The van der Waals surface area contributed by atoms with Crippen LogP contribution in [0.5, 0.6) is 5.75 Å². The van der Waals surface area contributed by atoms with Crippen molar-refractivity contribution in [1.29, 1.82) is 0 Å². The highest BCUT2D eigenvalue weighted by molar-refractivity contribution is 7.76. The summed E-state index contributed by atoms with van der Waals surface area (Å²) in [6.07, 6.45) is -0.216. The lowest BCUT2D eigenvalue weighted by Crippen LogP contribution is -2.57. The lowest BCUT2D eigenvalue weighted by molar-refractivity contribution is -0.139. The van der Waals surface area contributed by atoms with Crippen LogP contribution in [0.2, 0.25) is 5.02 Å². The van der Waals surface area contributed by atoms with Crippen LogP contribution in [-0.4, -0.2) is 75.4 Å². The number of carboxylic acid groups (broad SMARTS) is 1. The summed E-state index contributed by atoms with van der Waals surface area (Å²) in [5, 5.41) is 13.2. The van der Waals surface area contributed by atoms with Crippen LogP contribution in [0.3, 0.4) is 0 Å². The number of ether oxygens (including phenoxy) is 2. The van der Waals surface area contributed by atoms with Crippen molar-refractivity contribution in [2.45, 2.75) is 19.4 Å². The molecule has 3 aromatic rings. The Hall–Kier alpha value is -3.17. The number of hydrogen-bond donors (Lipinski definition) is 2. The van der Waals surface area contributed by atoms with E-state index in [0.717, 1.165) is 27.6 Å². The fraction of sp³-hybridized carbons (Fsp3) is 0.321. The number of carboxylic acids is 1. The number of hydrogen-bond acceptors (Lipinski definition) is 6. The van der Waals surface area contributed by atoms with E-state index in [0.29, 0.717) is 37.0 Å². The van der Waals surface area contributed by atoms with Crippen LogP contribution in [-0.2, 0) is 20.8 Å². The average molecular weight is 572 g/mol. The maximum Gasteiger partial charge on any atom is 0.305 e. The average Bonchev–Trinajstić information content (AvgIpc) is 2.92. The number of aliphatic carboxylic acids is 1. The van der Waals surface area contributed by atoms with Crippen molar-refractivity contribution < 1.29 is 28.1 Å². The summed E-state index contributed by atoms with van der Waals surface area (Å²) in [5.74, 6) is 5.98. The molecule has 11 heteroatoms. The lowest BCUT2D eigenvalue weighted by atomic mass is 10.1. The Labute approximate surface area is 235 Å². The van der Waals surface area contributed by atoms with Gasteiger partial charge in [0.15, 0.2) is 6.79 Å². The zero-order chi connectivity index (χ0) is 27.9. The van der Waals surface area contributed by atoms with Crippen molar-refractivity contribution in [1.82, 2.24) is 9.42 Å². The van der Waals surface area contributed by atoms with Crippen molar-refractivity contribution in [2.75, 3.05) is 45.0 Å². The predicted octanol–water partition coefficient (Wildman–Crippen LogP) is 4.21. The molecule has 0 radical (unpaired) electrons. The van der Waals surface area contributed by atoms with Gasteiger partial charge >= 0.3 is 5.97 Å². The van der Waals surface area contributed by atoms with Gasteiger partial charge in [0.25, 0.3) is 0 Å². The van der Waals surface area contributed by atoms with Crippen molar-refractivity contribution >= 4 is 45.3 Å². The van der Waals surface area contributed by atoms with E-state index in [4.69, 9.17) is 26.2 Å². The second-order valence-corrected chi connectivity index (χ2v) is 10.3. The molecule has 2 unspecified atom stereocenters. The standard InChI is InChI=1S/C28H30ClN3O6S/c1-20(17-27(33)34)32(39(35)36)31-15-13-30(14-16-31)24-9-5-21(6-10-24)3-4-22-7-11-25-23(18-22)8-12-26(28(25)29)38-19-37-2/h5-12,18,20H,13-17,19H2,1-2H3,(H,33,34)(H,35,36). The molecule has 2 atom stereocenters. The molecule has 0 spiro atoms. The molecule has 0 bridgehead atoms. The van der Waals surface area contributed by atoms with E-state index in [1.54, 1.807) is 19.0 Å². The fourth-order valence-corrected chi connectivity index (χ4v) is 5.53. The zero-order valence-electron chi connectivity index (χ0n) is 21.7. The summed E-state index contributed by atoms with van der Waals surface area (Å²) in [6.45, 7) is 4.04. The van der Waals surface area contributed by atoms with Gasteiger partial charge in [-0.15, -0.1) is 4.41 Å². The SMILES string of the molecule is COCOc1ccc2cc(C#Cc3ccc(N4CCN(N(C(C)CC(=O)O)S(=O)O)CC4)cc3)ccc2c1Cl. The maximum absolute atomic E-state index is 11.9.